The molecule has 0 radical (unpaired) electrons. The number of aliphatic hydroxyl groups is 1. The molecule has 0 unspecified atom stereocenters. The van der Waals surface area contributed by atoms with E-state index < -0.39 is 5.82 Å². The molecule has 106 valence electrons. The monoisotopic (exact) mass is 268 g/mol. The summed E-state index contributed by atoms with van der Waals surface area (Å²) in [6, 6.07) is 4.50. The van der Waals surface area contributed by atoms with Gasteiger partial charge in [0, 0.05) is 19.2 Å². The maximum Gasteiger partial charge on any atom is 0.239 e. The first kappa shape index (κ1) is 15.4. The molecule has 0 bridgehead atoms. The fourth-order valence-electron chi connectivity index (χ4n) is 1.78. The zero-order valence-corrected chi connectivity index (χ0v) is 11.6. The Hall–Kier alpha value is -1.62. The maximum atomic E-state index is 13.8. The molecule has 0 aliphatic heterocycles. The average molecular weight is 268 g/mol. The Bertz CT molecular complexity index is 435. The van der Waals surface area contributed by atoms with Crippen LogP contribution in [-0.2, 0) is 11.4 Å². The molecule has 0 aromatic heterocycles. The van der Waals surface area contributed by atoms with E-state index in [2.05, 4.69) is 5.32 Å². The predicted octanol–water partition coefficient (Wildman–Crippen LogP) is 1.53. The molecular formula is C14H21FN2O2. The molecule has 0 aliphatic carbocycles. The summed E-state index contributed by atoms with van der Waals surface area (Å²) >= 11 is 0. The van der Waals surface area contributed by atoms with Crippen LogP contribution in [0.25, 0.3) is 0 Å². The standard InChI is InChI=1S/C14H21FN2O2/c1-10(2)7-16-13(19)8-17(3)14-11(9-18)5-4-6-12(14)15/h4-6,10,18H,7-9H2,1-3H3,(H,16,19). The normalized spacial score (nSPS) is 10.6. The third-order valence-electron chi connectivity index (χ3n) is 2.71. The minimum atomic E-state index is -0.439. The number of rotatable bonds is 6. The summed E-state index contributed by atoms with van der Waals surface area (Å²) in [7, 11) is 1.63. The van der Waals surface area contributed by atoms with Crippen LogP contribution in [0.3, 0.4) is 0 Å². The molecule has 4 nitrogen and oxygen atoms in total. The van der Waals surface area contributed by atoms with E-state index in [9.17, 15) is 14.3 Å². The van der Waals surface area contributed by atoms with Crippen molar-refractivity contribution in [1.82, 2.24) is 5.32 Å². The van der Waals surface area contributed by atoms with E-state index >= 15 is 0 Å². The van der Waals surface area contributed by atoms with Crippen molar-refractivity contribution in [3.63, 3.8) is 0 Å². The second kappa shape index (κ2) is 7.09. The highest BCUT2D eigenvalue weighted by Gasteiger charge is 2.15. The van der Waals surface area contributed by atoms with E-state index in [1.54, 1.807) is 13.1 Å². The van der Waals surface area contributed by atoms with Crippen molar-refractivity contribution in [2.75, 3.05) is 25.0 Å². The number of halogens is 1. The number of para-hydroxylation sites is 1. The van der Waals surface area contributed by atoms with Crippen molar-refractivity contribution in [2.45, 2.75) is 20.5 Å². The smallest absolute Gasteiger partial charge is 0.239 e. The van der Waals surface area contributed by atoms with Crippen LogP contribution in [-0.4, -0.2) is 31.2 Å². The van der Waals surface area contributed by atoms with Gasteiger partial charge in [0.25, 0.3) is 0 Å². The lowest BCUT2D eigenvalue weighted by Crippen LogP contribution is -2.37. The first-order chi connectivity index (χ1) is 8.95. The van der Waals surface area contributed by atoms with Crippen LogP contribution in [0, 0.1) is 11.7 Å². The number of carbonyl (C=O) groups excluding carboxylic acids is 1. The van der Waals surface area contributed by atoms with Crippen molar-refractivity contribution < 1.29 is 14.3 Å². The molecule has 0 aliphatic rings. The van der Waals surface area contributed by atoms with E-state index in [4.69, 9.17) is 0 Å². The summed E-state index contributed by atoms with van der Waals surface area (Å²) in [5.74, 6) is -0.232. The first-order valence-electron chi connectivity index (χ1n) is 6.31. The first-order valence-corrected chi connectivity index (χ1v) is 6.31. The van der Waals surface area contributed by atoms with Gasteiger partial charge in [0.15, 0.2) is 0 Å². The zero-order valence-electron chi connectivity index (χ0n) is 11.6. The van der Waals surface area contributed by atoms with Crippen LogP contribution in [0.5, 0.6) is 0 Å². The molecule has 5 heteroatoms. The molecule has 1 amide bonds. The van der Waals surface area contributed by atoms with Gasteiger partial charge in [-0.1, -0.05) is 26.0 Å². The molecule has 1 rings (SSSR count). The van der Waals surface area contributed by atoms with E-state index in [1.165, 1.54) is 17.0 Å². The molecule has 1 aromatic carbocycles. The van der Waals surface area contributed by atoms with Crippen LogP contribution >= 0.6 is 0 Å². The minimum absolute atomic E-state index is 0.0562. The van der Waals surface area contributed by atoms with Crippen LogP contribution in [0.15, 0.2) is 18.2 Å². The summed E-state index contributed by atoms with van der Waals surface area (Å²) in [4.78, 5) is 13.2. The van der Waals surface area contributed by atoms with Gasteiger partial charge in [-0.3, -0.25) is 4.79 Å². The number of nitrogens with zero attached hydrogens (tertiary/aromatic N) is 1. The Balaban J connectivity index is 2.72. The number of benzene rings is 1. The molecule has 0 saturated carbocycles. The van der Waals surface area contributed by atoms with E-state index in [-0.39, 0.29) is 24.7 Å². The maximum absolute atomic E-state index is 13.8. The second-order valence-electron chi connectivity index (χ2n) is 4.96. The summed E-state index contributed by atoms with van der Waals surface area (Å²) in [5.41, 5.74) is 0.740. The highest BCUT2D eigenvalue weighted by Crippen LogP contribution is 2.23. The molecule has 0 atom stereocenters. The Morgan fingerprint density at radius 2 is 2.16 bits per heavy atom. The number of carbonyl (C=O) groups is 1. The lowest BCUT2D eigenvalue weighted by Gasteiger charge is -2.22. The molecule has 2 N–H and O–H groups in total. The third kappa shape index (κ3) is 4.52. The largest absolute Gasteiger partial charge is 0.392 e. The fraction of sp³-hybridized carbons (Fsp3) is 0.500. The third-order valence-corrected chi connectivity index (χ3v) is 2.71. The van der Waals surface area contributed by atoms with Crippen LogP contribution in [0.2, 0.25) is 0 Å². The highest BCUT2D eigenvalue weighted by molar-refractivity contribution is 5.81. The number of anilines is 1. The van der Waals surface area contributed by atoms with Gasteiger partial charge in [0.1, 0.15) is 5.82 Å². The predicted molar refractivity (Wildman–Crippen MR) is 73.4 cm³/mol. The Kier molecular flexibility index (Phi) is 5.76. The summed E-state index contributed by atoms with van der Waals surface area (Å²) in [6.45, 7) is 4.40. The van der Waals surface area contributed by atoms with Crippen molar-refractivity contribution in [2.24, 2.45) is 5.92 Å². The lowest BCUT2D eigenvalue weighted by atomic mass is 10.1. The molecule has 0 spiro atoms. The summed E-state index contributed by atoms with van der Waals surface area (Å²) < 4.78 is 13.8. The van der Waals surface area contributed by atoms with Crippen molar-refractivity contribution in [3.05, 3.63) is 29.6 Å². The summed E-state index contributed by atoms with van der Waals surface area (Å²) in [5, 5.41) is 12.0. The number of hydrogen-bond donors (Lipinski definition) is 2. The van der Waals surface area contributed by atoms with Crippen molar-refractivity contribution >= 4 is 11.6 Å². The van der Waals surface area contributed by atoms with Gasteiger partial charge in [0.2, 0.25) is 5.91 Å². The topological polar surface area (TPSA) is 52.6 Å². The van der Waals surface area contributed by atoms with Gasteiger partial charge in [-0.25, -0.2) is 4.39 Å². The van der Waals surface area contributed by atoms with E-state index in [1.807, 2.05) is 13.8 Å². The minimum Gasteiger partial charge on any atom is -0.392 e. The average Bonchev–Trinajstić information content (AvgIpc) is 2.35. The Morgan fingerprint density at radius 1 is 1.47 bits per heavy atom. The SMILES string of the molecule is CC(C)CNC(=O)CN(C)c1c(F)cccc1CO. The van der Waals surface area contributed by atoms with E-state index in [0.29, 0.717) is 18.0 Å². The van der Waals surface area contributed by atoms with Crippen molar-refractivity contribution in [3.8, 4) is 0 Å². The molecular weight excluding hydrogens is 247 g/mol. The van der Waals surface area contributed by atoms with Gasteiger partial charge in [-0.05, 0) is 12.0 Å². The van der Waals surface area contributed by atoms with Gasteiger partial charge < -0.3 is 15.3 Å². The quantitative estimate of drug-likeness (QED) is 0.822. The zero-order chi connectivity index (χ0) is 14.4. The summed E-state index contributed by atoms with van der Waals surface area (Å²) in [6.07, 6.45) is 0. The number of aliphatic hydroxyl groups excluding tert-OH is 1. The fourth-order valence-corrected chi connectivity index (χ4v) is 1.78. The molecule has 19 heavy (non-hydrogen) atoms. The highest BCUT2D eigenvalue weighted by atomic mass is 19.1. The Labute approximate surface area is 113 Å². The van der Waals surface area contributed by atoms with Gasteiger partial charge in [-0.15, -0.1) is 0 Å². The number of likely N-dealkylation sites (N-methyl/N-ethyl adjacent to an activating group) is 1. The van der Waals surface area contributed by atoms with Crippen LogP contribution in [0.1, 0.15) is 19.4 Å². The van der Waals surface area contributed by atoms with Crippen LogP contribution in [0.4, 0.5) is 10.1 Å². The molecule has 0 saturated heterocycles. The number of nitrogens with one attached hydrogen (secondary N) is 1. The van der Waals surface area contributed by atoms with Gasteiger partial charge in [-0.2, -0.15) is 0 Å². The van der Waals surface area contributed by atoms with Crippen molar-refractivity contribution in [1.29, 1.82) is 0 Å². The van der Waals surface area contributed by atoms with E-state index in [0.717, 1.165) is 0 Å². The molecule has 0 heterocycles. The van der Waals surface area contributed by atoms with Crippen LogP contribution < -0.4 is 10.2 Å². The number of amides is 1. The second-order valence-corrected chi connectivity index (χ2v) is 4.96. The molecule has 1 aromatic rings. The molecule has 0 fully saturated rings. The van der Waals surface area contributed by atoms with Gasteiger partial charge >= 0.3 is 0 Å². The number of hydrogen-bond acceptors (Lipinski definition) is 3. The lowest BCUT2D eigenvalue weighted by molar-refractivity contribution is -0.119. The Morgan fingerprint density at radius 3 is 2.74 bits per heavy atom. The van der Waals surface area contributed by atoms with Gasteiger partial charge in [0.05, 0.1) is 18.8 Å².